The molecule has 0 fully saturated rings. The van der Waals surface area contributed by atoms with E-state index in [2.05, 4.69) is 38.1 Å². The molecule has 0 aliphatic rings. The molecule has 1 heteroatoms. The van der Waals surface area contributed by atoms with E-state index < -0.39 is 0 Å². The molecular weight excluding hydrogens is 160 g/mol. The van der Waals surface area contributed by atoms with Crippen LogP contribution in [0.1, 0.15) is 24.5 Å². The lowest BCUT2D eigenvalue weighted by Gasteiger charge is -2.08. The normalized spacial score (nSPS) is 12.8. The van der Waals surface area contributed by atoms with Crippen LogP contribution in [0.4, 0.5) is 0 Å². The van der Waals surface area contributed by atoms with Gasteiger partial charge in [0.2, 0.25) is 0 Å². The van der Waals surface area contributed by atoms with Crippen molar-refractivity contribution >= 4 is 0 Å². The Kier molecular flexibility index (Phi) is 3.97. The highest BCUT2D eigenvalue weighted by Crippen LogP contribution is 2.08. The minimum Gasteiger partial charge on any atom is -0.382 e. The van der Waals surface area contributed by atoms with Gasteiger partial charge < -0.3 is 4.74 Å². The molecule has 1 nitrogen and oxygen atoms in total. The summed E-state index contributed by atoms with van der Waals surface area (Å²) in [5, 5.41) is 0. The van der Waals surface area contributed by atoms with E-state index in [0.717, 1.165) is 12.8 Å². The van der Waals surface area contributed by atoms with Crippen molar-refractivity contribution in [2.24, 2.45) is 0 Å². The van der Waals surface area contributed by atoms with Crippen LogP contribution < -0.4 is 0 Å². The summed E-state index contributed by atoms with van der Waals surface area (Å²) in [6.07, 6.45) is 2.57. The van der Waals surface area contributed by atoms with Gasteiger partial charge >= 0.3 is 0 Å². The summed E-state index contributed by atoms with van der Waals surface area (Å²) in [6, 6.07) is 8.66. The number of ether oxygens (including phenoxy) is 1. The Morgan fingerprint density at radius 3 is 2.77 bits per heavy atom. The Labute approximate surface area is 80.7 Å². The number of methoxy groups -OCH3 is 1. The van der Waals surface area contributed by atoms with Gasteiger partial charge in [-0.2, -0.15) is 0 Å². The van der Waals surface area contributed by atoms with E-state index in [-0.39, 0.29) is 0 Å². The number of benzene rings is 1. The molecule has 0 saturated heterocycles. The fourth-order valence-electron chi connectivity index (χ4n) is 1.36. The minimum absolute atomic E-state index is 0.362. The summed E-state index contributed by atoms with van der Waals surface area (Å²) >= 11 is 0. The van der Waals surface area contributed by atoms with Gasteiger partial charge in [0, 0.05) is 7.11 Å². The molecule has 1 unspecified atom stereocenters. The lowest BCUT2D eigenvalue weighted by atomic mass is 10.1. The Hall–Kier alpha value is -0.820. The highest BCUT2D eigenvalue weighted by molar-refractivity contribution is 5.22. The molecule has 1 atom stereocenters. The fourth-order valence-corrected chi connectivity index (χ4v) is 1.36. The van der Waals surface area contributed by atoms with Crippen LogP contribution in [0, 0.1) is 6.92 Å². The fraction of sp³-hybridized carbons (Fsp3) is 0.500. The van der Waals surface area contributed by atoms with Crippen molar-refractivity contribution in [3.05, 3.63) is 35.4 Å². The standard InChI is InChI=1S/C12H18O/c1-10-5-4-6-12(9-10)8-7-11(2)13-3/h4-6,9,11H,7-8H2,1-3H3. The summed E-state index contributed by atoms with van der Waals surface area (Å²) in [4.78, 5) is 0. The van der Waals surface area contributed by atoms with Gasteiger partial charge in [0.25, 0.3) is 0 Å². The van der Waals surface area contributed by atoms with Crippen molar-refractivity contribution in [2.45, 2.75) is 32.8 Å². The minimum atomic E-state index is 0.362. The number of aryl methyl sites for hydroxylation is 2. The molecule has 0 radical (unpaired) electrons. The summed E-state index contributed by atoms with van der Waals surface area (Å²) in [7, 11) is 1.76. The Morgan fingerprint density at radius 1 is 1.38 bits per heavy atom. The van der Waals surface area contributed by atoms with E-state index in [1.807, 2.05) is 0 Å². The third-order valence-electron chi connectivity index (χ3n) is 2.32. The van der Waals surface area contributed by atoms with E-state index >= 15 is 0 Å². The summed E-state index contributed by atoms with van der Waals surface area (Å²) < 4.78 is 5.20. The van der Waals surface area contributed by atoms with Crippen molar-refractivity contribution in [3.63, 3.8) is 0 Å². The van der Waals surface area contributed by atoms with Crippen LogP contribution in [0.15, 0.2) is 24.3 Å². The molecule has 0 heterocycles. The lowest BCUT2D eigenvalue weighted by Crippen LogP contribution is -2.05. The molecule has 1 rings (SSSR count). The van der Waals surface area contributed by atoms with E-state index in [1.54, 1.807) is 7.11 Å². The van der Waals surface area contributed by atoms with E-state index in [4.69, 9.17) is 4.74 Å². The zero-order valence-electron chi connectivity index (χ0n) is 8.71. The van der Waals surface area contributed by atoms with Gasteiger partial charge in [-0.1, -0.05) is 29.8 Å². The average Bonchev–Trinajstić information content (AvgIpc) is 2.14. The van der Waals surface area contributed by atoms with Gasteiger partial charge in [0.05, 0.1) is 6.10 Å². The molecule has 1 aromatic carbocycles. The number of rotatable bonds is 4. The first-order valence-electron chi connectivity index (χ1n) is 4.80. The molecule has 13 heavy (non-hydrogen) atoms. The molecule has 0 aliphatic heterocycles. The maximum Gasteiger partial charge on any atom is 0.0546 e. The zero-order chi connectivity index (χ0) is 9.68. The van der Waals surface area contributed by atoms with Crippen LogP contribution in [0.25, 0.3) is 0 Å². The van der Waals surface area contributed by atoms with Crippen molar-refractivity contribution < 1.29 is 4.74 Å². The van der Waals surface area contributed by atoms with Gasteiger partial charge in [-0.25, -0.2) is 0 Å². The van der Waals surface area contributed by atoms with E-state index in [1.165, 1.54) is 11.1 Å². The Balaban J connectivity index is 2.45. The number of hydrogen-bond donors (Lipinski definition) is 0. The molecule has 0 saturated carbocycles. The lowest BCUT2D eigenvalue weighted by molar-refractivity contribution is 0.111. The smallest absolute Gasteiger partial charge is 0.0546 e. The summed E-state index contributed by atoms with van der Waals surface area (Å²) in [5.74, 6) is 0. The molecular formula is C12H18O. The Bertz CT molecular complexity index is 255. The first-order valence-corrected chi connectivity index (χ1v) is 4.80. The quantitative estimate of drug-likeness (QED) is 0.688. The van der Waals surface area contributed by atoms with Crippen LogP contribution >= 0.6 is 0 Å². The van der Waals surface area contributed by atoms with Gasteiger partial charge in [-0.3, -0.25) is 0 Å². The van der Waals surface area contributed by atoms with Crippen molar-refractivity contribution in [1.29, 1.82) is 0 Å². The van der Waals surface area contributed by atoms with Crippen LogP contribution in [-0.2, 0) is 11.2 Å². The monoisotopic (exact) mass is 178 g/mol. The van der Waals surface area contributed by atoms with Crippen molar-refractivity contribution in [1.82, 2.24) is 0 Å². The highest BCUT2D eigenvalue weighted by atomic mass is 16.5. The van der Waals surface area contributed by atoms with E-state index in [0.29, 0.717) is 6.10 Å². The average molecular weight is 178 g/mol. The van der Waals surface area contributed by atoms with Gasteiger partial charge in [0.1, 0.15) is 0 Å². The molecule has 0 bridgehead atoms. The predicted molar refractivity (Wildman–Crippen MR) is 56.0 cm³/mol. The van der Waals surface area contributed by atoms with E-state index in [9.17, 15) is 0 Å². The molecule has 0 spiro atoms. The zero-order valence-corrected chi connectivity index (χ0v) is 8.71. The molecule has 0 aromatic heterocycles. The van der Waals surface area contributed by atoms with Crippen LogP contribution in [0.3, 0.4) is 0 Å². The molecule has 1 aromatic rings. The van der Waals surface area contributed by atoms with Crippen LogP contribution in [0.2, 0.25) is 0 Å². The van der Waals surface area contributed by atoms with Gasteiger partial charge in [-0.15, -0.1) is 0 Å². The van der Waals surface area contributed by atoms with Crippen molar-refractivity contribution in [3.8, 4) is 0 Å². The van der Waals surface area contributed by atoms with Crippen LogP contribution in [0.5, 0.6) is 0 Å². The summed E-state index contributed by atoms with van der Waals surface area (Å²) in [6.45, 7) is 4.24. The summed E-state index contributed by atoms with van der Waals surface area (Å²) in [5.41, 5.74) is 2.74. The largest absolute Gasteiger partial charge is 0.382 e. The highest BCUT2D eigenvalue weighted by Gasteiger charge is 1.99. The van der Waals surface area contributed by atoms with Gasteiger partial charge in [0.15, 0.2) is 0 Å². The molecule has 72 valence electrons. The first kappa shape index (κ1) is 10.3. The molecule has 0 aliphatic carbocycles. The second kappa shape index (κ2) is 5.03. The van der Waals surface area contributed by atoms with Crippen LogP contribution in [-0.4, -0.2) is 13.2 Å². The first-order chi connectivity index (χ1) is 6.22. The third kappa shape index (κ3) is 3.60. The Morgan fingerprint density at radius 2 is 2.15 bits per heavy atom. The predicted octanol–water partition coefficient (Wildman–Crippen LogP) is 2.96. The molecule has 0 amide bonds. The maximum atomic E-state index is 5.20. The van der Waals surface area contributed by atoms with Crippen molar-refractivity contribution in [2.75, 3.05) is 7.11 Å². The maximum absolute atomic E-state index is 5.20. The molecule has 0 N–H and O–H groups in total. The topological polar surface area (TPSA) is 9.23 Å². The second-order valence-corrected chi connectivity index (χ2v) is 3.57. The SMILES string of the molecule is COC(C)CCc1cccc(C)c1. The third-order valence-corrected chi connectivity index (χ3v) is 2.32. The van der Waals surface area contributed by atoms with Gasteiger partial charge in [-0.05, 0) is 32.3 Å². The second-order valence-electron chi connectivity index (χ2n) is 3.57. The number of hydrogen-bond acceptors (Lipinski definition) is 1.